The van der Waals surface area contributed by atoms with Gasteiger partial charge in [-0.25, -0.2) is 4.98 Å². The van der Waals surface area contributed by atoms with Crippen LogP contribution in [0.2, 0.25) is 0 Å². The van der Waals surface area contributed by atoms with Crippen molar-refractivity contribution in [3.63, 3.8) is 0 Å². The van der Waals surface area contributed by atoms with Crippen molar-refractivity contribution in [3.8, 4) is 0 Å². The molecule has 0 aliphatic rings. The zero-order valence-electron chi connectivity index (χ0n) is 11.6. The Kier molecular flexibility index (Phi) is 7.10. The lowest BCUT2D eigenvalue weighted by atomic mass is 10.3. The lowest BCUT2D eigenvalue weighted by Gasteiger charge is -2.09. The molecular weight excluding hydrogens is 228 g/mol. The molecule has 0 fully saturated rings. The third-order valence-electron chi connectivity index (χ3n) is 2.50. The van der Waals surface area contributed by atoms with Gasteiger partial charge in [-0.2, -0.15) is 4.98 Å². The fourth-order valence-electron chi connectivity index (χ4n) is 1.55. The van der Waals surface area contributed by atoms with Gasteiger partial charge in [-0.15, -0.1) is 0 Å². The van der Waals surface area contributed by atoms with E-state index in [0.29, 0.717) is 5.95 Å². The van der Waals surface area contributed by atoms with E-state index in [9.17, 15) is 0 Å². The fraction of sp³-hybridized carbons (Fsp3) is 0.692. The van der Waals surface area contributed by atoms with Gasteiger partial charge >= 0.3 is 0 Å². The van der Waals surface area contributed by atoms with Gasteiger partial charge in [0.25, 0.3) is 0 Å². The first-order valence-corrected chi connectivity index (χ1v) is 6.58. The Hall–Kier alpha value is -1.36. The van der Waals surface area contributed by atoms with Gasteiger partial charge in [-0.3, -0.25) is 0 Å². The molecule has 0 aliphatic heterocycles. The summed E-state index contributed by atoms with van der Waals surface area (Å²) in [5.74, 6) is 1.58. The van der Waals surface area contributed by atoms with Gasteiger partial charge in [-0.05, 0) is 19.8 Å². The van der Waals surface area contributed by atoms with Crippen molar-refractivity contribution in [2.75, 3.05) is 37.4 Å². The normalized spacial score (nSPS) is 10.4. The number of nitrogens with zero attached hydrogens (tertiary/aromatic N) is 2. The summed E-state index contributed by atoms with van der Waals surface area (Å²) < 4.78 is 5.00. The molecular formula is C13H24N4O. The second kappa shape index (κ2) is 8.69. The number of unbranched alkanes of at least 4 members (excludes halogenated alkanes) is 1. The van der Waals surface area contributed by atoms with Gasteiger partial charge in [0.1, 0.15) is 5.82 Å². The van der Waals surface area contributed by atoms with Crippen molar-refractivity contribution in [1.29, 1.82) is 0 Å². The minimum atomic E-state index is 0.685. The van der Waals surface area contributed by atoms with Crippen molar-refractivity contribution >= 4 is 11.8 Å². The highest BCUT2D eigenvalue weighted by molar-refractivity contribution is 5.41. The quantitative estimate of drug-likeness (QED) is 0.661. The van der Waals surface area contributed by atoms with Crippen LogP contribution in [0.5, 0.6) is 0 Å². The highest BCUT2D eigenvalue weighted by Gasteiger charge is 2.01. The number of anilines is 2. The van der Waals surface area contributed by atoms with E-state index in [0.717, 1.165) is 44.0 Å². The Morgan fingerprint density at radius 2 is 1.94 bits per heavy atom. The second-order valence-corrected chi connectivity index (χ2v) is 4.27. The van der Waals surface area contributed by atoms with Crippen LogP contribution < -0.4 is 10.6 Å². The van der Waals surface area contributed by atoms with E-state index in [-0.39, 0.29) is 0 Å². The molecule has 0 radical (unpaired) electrons. The SMILES string of the molecule is CCCCNc1cc(C)nc(NCCCOC)n1. The molecule has 102 valence electrons. The molecule has 18 heavy (non-hydrogen) atoms. The largest absolute Gasteiger partial charge is 0.385 e. The summed E-state index contributed by atoms with van der Waals surface area (Å²) in [6.45, 7) is 6.69. The van der Waals surface area contributed by atoms with Crippen molar-refractivity contribution in [1.82, 2.24) is 9.97 Å². The average Bonchev–Trinajstić information content (AvgIpc) is 2.34. The van der Waals surface area contributed by atoms with E-state index >= 15 is 0 Å². The molecule has 0 bridgehead atoms. The number of methoxy groups -OCH3 is 1. The molecule has 1 aromatic heterocycles. The molecule has 0 spiro atoms. The van der Waals surface area contributed by atoms with Crippen LogP contribution in [0.15, 0.2) is 6.07 Å². The molecule has 0 saturated carbocycles. The number of aromatic nitrogens is 2. The number of rotatable bonds is 9. The Morgan fingerprint density at radius 3 is 2.67 bits per heavy atom. The van der Waals surface area contributed by atoms with Crippen LogP contribution in [0, 0.1) is 6.92 Å². The van der Waals surface area contributed by atoms with Crippen molar-refractivity contribution in [2.24, 2.45) is 0 Å². The maximum atomic E-state index is 5.00. The number of nitrogens with one attached hydrogen (secondary N) is 2. The van der Waals surface area contributed by atoms with Crippen LogP contribution in [0.4, 0.5) is 11.8 Å². The molecule has 2 N–H and O–H groups in total. The van der Waals surface area contributed by atoms with Gasteiger partial charge < -0.3 is 15.4 Å². The van der Waals surface area contributed by atoms with Gasteiger partial charge in [0, 0.05) is 38.6 Å². The van der Waals surface area contributed by atoms with Crippen LogP contribution in [-0.4, -0.2) is 36.8 Å². The summed E-state index contributed by atoms with van der Waals surface area (Å²) in [7, 11) is 1.71. The van der Waals surface area contributed by atoms with Gasteiger partial charge in [0.2, 0.25) is 5.95 Å². The number of hydrogen-bond acceptors (Lipinski definition) is 5. The molecule has 0 unspecified atom stereocenters. The fourth-order valence-corrected chi connectivity index (χ4v) is 1.55. The van der Waals surface area contributed by atoms with Crippen LogP contribution in [0.1, 0.15) is 31.9 Å². The minimum Gasteiger partial charge on any atom is -0.385 e. The molecule has 1 aromatic rings. The van der Waals surface area contributed by atoms with E-state index in [1.54, 1.807) is 7.11 Å². The monoisotopic (exact) mass is 252 g/mol. The third-order valence-corrected chi connectivity index (χ3v) is 2.50. The summed E-state index contributed by atoms with van der Waals surface area (Å²) in [5.41, 5.74) is 0.971. The molecule has 0 saturated heterocycles. The highest BCUT2D eigenvalue weighted by atomic mass is 16.5. The van der Waals surface area contributed by atoms with Crippen molar-refractivity contribution < 1.29 is 4.74 Å². The smallest absolute Gasteiger partial charge is 0.224 e. The average molecular weight is 252 g/mol. The van der Waals surface area contributed by atoms with E-state index in [4.69, 9.17) is 4.74 Å². The van der Waals surface area contributed by atoms with Crippen LogP contribution in [-0.2, 0) is 4.74 Å². The highest BCUT2D eigenvalue weighted by Crippen LogP contribution is 2.09. The molecule has 0 amide bonds. The molecule has 1 rings (SSSR count). The van der Waals surface area contributed by atoms with Gasteiger partial charge in [-0.1, -0.05) is 13.3 Å². The second-order valence-electron chi connectivity index (χ2n) is 4.27. The summed E-state index contributed by atoms with van der Waals surface area (Å²) in [5, 5.41) is 6.52. The lowest BCUT2D eigenvalue weighted by molar-refractivity contribution is 0.197. The number of hydrogen-bond donors (Lipinski definition) is 2. The van der Waals surface area contributed by atoms with Crippen LogP contribution >= 0.6 is 0 Å². The van der Waals surface area contributed by atoms with Gasteiger partial charge in [0.15, 0.2) is 0 Å². The molecule has 0 aromatic carbocycles. The molecule has 0 aliphatic carbocycles. The maximum absolute atomic E-state index is 5.00. The van der Waals surface area contributed by atoms with Crippen LogP contribution in [0.25, 0.3) is 0 Å². The predicted octanol–water partition coefficient (Wildman–Crippen LogP) is 2.45. The first kappa shape index (κ1) is 14.7. The maximum Gasteiger partial charge on any atom is 0.224 e. The topological polar surface area (TPSA) is 59.1 Å². The van der Waals surface area contributed by atoms with E-state index in [1.165, 1.54) is 6.42 Å². The number of aryl methyl sites for hydroxylation is 1. The lowest BCUT2D eigenvalue weighted by Crippen LogP contribution is -2.10. The molecule has 0 atom stereocenters. The Bertz CT molecular complexity index is 344. The Balaban J connectivity index is 2.46. The summed E-state index contributed by atoms with van der Waals surface area (Å²) in [6.07, 6.45) is 3.28. The molecule has 1 heterocycles. The Morgan fingerprint density at radius 1 is 1.17 bits per heavy atom. The van der Waals surface area contributed by atoms with E-state index in [2.05, 4.69) is 27.5 Å². The summed E-state index contributed by atoms with van der Waals surface area (Å²) in [6, 6.07) is 1.97. The minimum absolute atomic E-state index is 0.685. The first-order valence-electron chi connectivity index (χ1n) is 6.58. The Labute approximate surface area is 109 Å². The predicted molar refractivity (Wildman–Crippen MR) is 75.1 cm³/mol. The first-order chi connectivity index (χ1) is 8.76. The third kappa shape index (κ3) is 5.82. The van der Waals surface area contributed by atoms with Crippen molar-refractivity contribution in [2.45, 2.75) is 33.1 Å². The summed E-state index contributed by atoms with van der Waals surface area (Å²) >= 11 is 0. The van der Waals surface area contributed by atoms with E-state index < -0.39 is 0 Å². The van der Waals surface area contributed by atoms with E-state index in [1.807, 2.05) is 13.0 Å². The van der Waals surface area contributed by atoms with Crippen molar-refractivity contribution in [3.05, 3.63) is 11.8 Å². The zero-order chi connectivity index (χ0) is 13.2. The molecule has 5 nitrogen and oxygen atoms in total. The summed E-state index contributed by atoms with van der Waals surface area (Å²) in [4.78, 5) is 8.79. The van der Waals surface area contributed by atoms with Crippen LogP contribution in [0.3, 0.4) is 0 Å². The zero-order valence-corrected chi connectivity index (χ0v) is 11.6. The number of ether oxygens (including phenoxy) is 1. The standard InChI is InChI=1S/C13H24N4O/c1-4-5-7-14-12-10-11(2)16-13(17-12)15-8-6-9-18-3/h10H,4-9H2,1-3H3,(H2,14,15,16,17). The molecule has 5 heteroatoms. The van der Waals surface area contributed by atoms with Gasteiger partial charge in [0.05, 0.1) is 0 Å².